The van der Waals surface area contributed by atoms with Crippen LogP contribution in [0.15, 0.2) is 71.3 Å². The molecule has 0 fully saturated rings. The zero-order chi connectivity index (χ0) is 17.9. The number of para-hydroxylation sites is 1. The summed E-state index contributed by atoms with van der Waals surface area (Å²) in [5.41, 5.74) is 2.44. The molecule has 4 aromatic rings. The Bertz CT molecular complexity index is 1080. The number of nitrogens with zero attached hydrogens (tertiary/aromatic N) is 2. The molecule has 0 amide bonds. The molecule has 0 aliphatic heterocycles. The molecule has 0 bridgehead atoms. The molecule has 5 nitrogen and oxygen atoms in total. The molecule has 0 saturated heterocycles. The molecule has 0 atom stereocenters. The van der Waals surface area contributed by atoms with E-state index >= 15 is 0 Å². The Hall–Kier alpha value is -3.18. The van der Waals surface area contributed by atoms with Gasteiger partial charge < -0.3 is 9.26 Å². The van der Waals surface area contributed by atoms with Crippen molar-refractivity contribution >= 4 is 28.5 Å². The van der Waals surface area contributed by atoms with E-state index in [9.17, 15) is 4.79 Å². The fraction of sp³-hybridized carbons (Fsp3) is 0.0500. The van der Waals surface area contributed by atoms with Gasteiger partial charge >= 0.3 is 5.97 Å². The van der Waals surface area contributed by atoms with Crippen LogP contribution in [-0.4, -0.2) is 16.1 Å². The van der Waals surface area contributed by atoms with Crippen molar-refractivity contribution in [2.24, 2.45) is 0 Å². The Morgan fingerprint density at radius 3 is 2.65 bits per heavy atom. The van der Waals surface area contributed by atoms with Gasteiger partial charge in [-0.25, -0.2) is 9.78 Å². The molecule has 26 heavy (non-hydrogen) atoms. The maximum Gasteiger partial charge on any atom is 0.339 e. The molecular weight excluding hydrogens is 352 g/mol. The van der Waals surface area contributed by atoms with Crippen LogP contribution >= 0.6 is 11.6 Å². The van der Waals surface area contributed by atoms with Gasteiger partial charge in [-0.3, -0.25) is 0 Å². The van der Waals surface area contributed by atoms with E-state index in [1.165, 1.54) is 6.07 Å². The summed E-state index contributed by atoms with van der Waals surface area (Å²) in [7, 11) is 0. The van der Waals surface area contributed by atoms with Crippen molar-refractivity contribution in [2.75, 3.05) is 0 Å². The van der Waals surface area contributed by atoms with Crippen molar-refractivity contribution in [1.82, 2.24) is 10.1 Å². The van der Waals surface area contributed by atoms with Crippen LogP contribution in [0.3, 0.4) is 0 Å². The molecule has 2 heterocycles. The first-order chi connectivity index (χ1) is 12.7. The number of hydrogen-bond acceptors (Lipinski definition) is 5. The van der Waals surface area contributed by atoms with E-state index in [1.54, 1.807) is 18.2 Å². The standard InChI is InChI=1S/C20H13ClN2O3/c21-19-11-16(15-8-4-5-9-17(15)22-19)20(24)25-12-14-10-18(26-23-14)13-6-2-1-3-7-13/h1-11H,12H2. The first-order valence-electron chi connectivity index (χ1n) is 7.94. The normalized spacial score (nSPS) is 10.8. The average molecular weight is 365 g/mol. The van der Waals surface area contributed by atoms with Gasteiger partial charge in [0.2, 0.25) is 0 Å². The molecule has 0 spiro atoms. The molecule has 0 saturated carbocycles. The first kappa shape index (κ1) is 16.3. The Morgan fingerprint density at radius 2 is 1.81 bits per heavy atom. The minimum absolute atomic E-state index is 0.00341. The number of carbonyl (C=O) groups excluding carboxylic acids is 1. The Balaban J connectivity index is 1.52. The van der Waals surface area contributed by atoms with Crippen molar-refractivity contribution in [3.05, 3.63) is 83.1 Å². The summed E-state index contributed by atoms with van der Waals surface area (Å²) >= 11 is 6.01. The van der Waals surface area contributed by atoms with Gasteiger partial charge in [0.15, 0.2) is 5.76 Å². The maximum atomic E-state index is 12.5. The van der Waals surface area contributed by atoms with E-state index < -0.39 is 5.97 Å². The van der Waals surface area contributed by atoms with E-state index in [0.717, 1.165) is 5.56 Å². The second kappa shape index (κ2) is 6.98. The fourth-order valence-electron chi connectivity index (χ4n) is 2.65. The van der Waals surface area contributed by atoms with Gasteiger partial charge in [-0.15, -0.1) is 0 Å². The lowest BCUT2D eigenvalue weighted by Gasteiger charge is -2.06. The quantitative estimate of drug-likeness (QED) is 0.380. The Labute approximate surface area is 154 Å². The van der Waals surface area contributed by atoms with E-state index in [-0.39, 0.29) is 11.8 Å². The van der Waals surface area contributed by atoms with E-state index in [2.05, 4.69) is 10.1 Å². The van der Waals surface area contributed by atoms with Gasteiger partial charge in [0, 0.05) is 17.0 Å². The number of aromatic nitrogens is 2. The van der Waals surface area contributed by atoms with E-state index in [1.807, 2.05) is 42.5 Å². The number of hydrogen-bond donors (Lipinski definition) is 0. The van der Waals surface area contributed by atoms with Gasteiger partial charge in [-0.2, -0.15) is 0 Å². The number of carbonyl (C=O) groups is 1. The van der Waals surface area contributed by atoms with Gasteiger partial charge in [0.05, 0.1) is 11.1 Å². The van der Waals surface area contributed by atoms with Gasteiger partial charge in [-0.05, 0) is 12.1 Å². The van der Waals surface area contributed by atoms with Crippen LogP contribution in [0.2, 0.25) is 5.15 Å². The highest BCUT2D eigenvalue weighted by atomic mass is 35.5. The Morgan fingerprint density at radius 1 is 1.04 bits per heavy atom. The molecule has 0 aliphatic rings. The number of esters is 1. The predicted octanol–water partition coefficient (Wildman–Crippen LogP) is 4.90. The van der Waals surface area contributed by atoms with Crippen LogP contribution in [0.4, 0.5) is 0 Å². The molecule has 6 heteroatoms. The predicted molar refractivity (Wildman–Crippen MR) is 97.8 cm³/mol. The second-order valence-electron chi connectivity index (χ2n) is 5.63. The van der Waals surface area contributed by atoms with Crippen LogP contribution in [0.1, 0.15) is 16.1 Å². The van der Waals surface area contributed by atoms with Crippen LogP contribution in [0.25, 0.3) is 22.2 Å². The highest BCUT2D eigenvalue weighted by molar-refractivity contribution is 6.30. The van der Waals surface area contributed by atoms with Crippen molar-refractivity contribution in [3.63, 3.8) is 0 Å². The number of fused-ring (bicyclic) bond motifs is 1. The van der Waals surface area contributed by atoms with Crippen molar-refractivity contribution in [2.45, 2.75) is 6.61 Å². The summed E-state index contributed by atoms with van der Waals surface area (Å²) in [6.07, 6.45) is 0. The molecular formula is C20H13ClN2O3. The largest absolute Gasteiger partial charge is 0.455 e. The lowest BCUT2D eigenvalue weighted by atomic mass is 10.1. The smallest absolute Gasteiger partial charge is 0.339 e. The highest BCUT2D eigenvalue weighted by Crippen LogP contribution is 2.23. The number of ether oxygens (including phenoxy) is 1. The molecule has 128 valence electrons. The van der Waals surface area contributed by atoms with Gasteiger partial charge in [0.1, 0.15) is 17.5 Å². The minimum Gasteiger partial charge on any atom is -0.455 e. The van der Waals surface area contributed by atoms with Crippen LogP contribution in [0.5, 0.6) is 0 Å². The number of pyridine rings is 1. The van der Waals surface area contributed by atoms with Gasteiger partial charge in [-0.1, -0.05) is 65.3 Å². The zero-order valence-corrected chi connectivity index (χ0v) is 14.3. The third-order valence-corrected chi connectivity index (χ3v) is 4.07. The van der Waals surface area contributed by atoms with Gasteiger partial charge in [0.25, 0.3) is 0 Å². The van der Waals surface area contributed by atoms with Crippen LogP contribution in [-0.2, 0) is 11.3 Å². The van der Waals surface area contributed by atoms with Crippen molar-refractivity contribution in [1.29, 1.82) is 0 Å². The monoisotopic (exact) mass is 364 g/mol. The number of halogens is 1. The van der Waals surface area contributed by atoms with Crippen LogP contribution in [0, 0.1) is 0 Å². The molecule has 2 aromatic heterocycles. The molecule has 0 aliphatic carbocycles. The summed E-state index contributed by atoms with van der Waals surface area (Å²) in [6, 6.07) is 20.1. The average Bonchev–Trinajstić information content (AvgIpc) is 3.15. The second-order valence-corrected chi connectivity index (χ2v) is 6.02. The summed E-state index contributed by atoms with van der Waals surface area (Å²) in [5.74, 6) is 0.129. The molecule has 4 rings (SSSR count). The van der Waals surface area contributed by atoms with Crippen LogP contribution < -0.4 is 0 Å². The van der Waals surface area contributed by atoms with E-state index in [4.69, 9.17) is 20.9 Å². The molecule has 2 aromatic carbocycles. The lowest BCUT2D eigenvalue weighted by molar-refractivity contribution is 0.0466. The third-order valence-electron chi connectivity index (χ3n) is 3.87. The van der Waals surface area contributed by atoms with E-state index in [0.29, 0.717) is 27.9 Å². The first-order valence-corrected chi connectivity index (χ1v) is 8.32. The van der Waals surface area contributed by atoms with Crippen molar-refractivity contribution < 1.29 is 14.1 Å². The SMILES string of the molecule is O=C(OCc1cc(-c2ccccc2)on1)c1cc(Cl)nc2ccccc12. The summed E-state index contributed by atoms with van der Waals surface area (Å²) in [4.78, 5) is 16.7. The number of rotatable bonds is 4. The maximum absolute atomic E-state index is 12.5. The molecule has 0 unspecified atom stereocenters. The summed E-state index contributed by atoms with van der Waals surface area (Å²) < 4.78 is 10.7. The van der Waals surface area contributed by atoms with Crippen molar-refractivity contribution in [3.8, 4) is 11.3 Å². The third kappa shape index (κ3) is 3.30. The number of benzene rings is 2. The zero-order valence-electron chi connectivity index (χ0n) is 13.6. The summed E-state index contributed by atoms with van der Waals surface area (Å²) in [6.45, 7) is 0.00341. The highest BCUT2D eigenvalue weighted by Gasteiger charge is 2.15. The summed E-state index contributed by atoms with van der Waals surface area (Å²) in [5, 5.41) is 4.87. The minimum atomic E-state index is -0.491. The molecule has 0 N–H and O–H groups in total. The Kier molecular flexibility index (Phi) is 4.37. The topological polar surface area (TPSA) is 65.2 Å². The fourth-order valence-corrected chi connectivity index (χ4v) is 2.85. The molecule has 0 radical (unpaired) electrons. The lowest BCUT2D eigenvalue weighted by Crippen LogP contribution is -2.06.